The number of nitrogens with one attached hydrogen (secondary N) is 1. The zero-order valence-corrected chi connectivity index (χ0v) is 18.8. The van der Waals surface area contributed by atoms with Crippen molar-refractivity contribution in [3.05, 3.63) is 76.8 Å². The number of thiophene rings is 1. The van der Waals surface area contributed by atoms with E-state index in [1.54, 1.807) is 53.2 Å². The molecule has 4 aromatic rings. The highest BCUT2D eigenvalue weighted by molar-refractivity contribution is 7.20. The fourth-order valence-corrected chi connectivity index (χ4v) is 4.43. The number of ether oxygens (including phenoxy) is 2. The van der Waals surface area contributed by atoms with Crippen molar-refractivity contribution in [2.45, 2.75) is 20.0 Å². The fourth-order valence-electron chi connectivity index (χ4n) is 3.42. The molecule has 0 saturated heterocycles. The van der Waals surface area contributed by atoms with E-state index < -0.39 is 18.0 Å². The molecule has 0 saturated carbocycles. The second-order valence-corrected chi connectivity index (χ2v) is 8.18. The highest BCUT2D eigenvalue weighted by Crippen LogP contribution is 2.31. The van der Waals surface area contributed by atoms with Gasteiger partial charge in [0.2, 0.25) is 6.10 Å². The van der Waals surface area contributed by atoms with Gasteiger partial charge in [-0.1, -0.05) is 42.5 Å². The first-order valence-electron chi connectivity index (χ1n) is 10.2. The molecule has 0 aliphatic carbocycles. The SMILES string of the molecule is CCOc1ccccc1NC(=O)C(OC(=O)c1cc2c(C)nn(C)c2s1)c1ccccc1. The van der Waals surface area contributed by atoms with Crippen LogP contribution in [-0.4, -0.2) is 28.3 Å². The van der Waals surface area contributed by atoms with Crippen molar-refractivity contribution in [2.75, 3.05) is 11.9 Å². The molecular weight excluding hydrogens is 426 g/mol. The Morgan fingerprint density at radius 2 is 1.84 bits per heavy atom. The normalized spacial score (nSPS) is 11.8. The van der Waals surface area contributed by atoms with Gasteiger partial charge in [-0.25, -0.2) is 4.79 Å². The minimum absolute atomic E-state index is 0.416. The smallest absolute Gasteiger partial charge is 0.349 e. The summed E-state index contributed by atoms with van der Waals surface area (Å²) >= 11 is 1.29. The van der Waals surface area contributed by atoms with Crippen LogP contribution in [0.2, 0.25) is 0 Å². The summed E-state index contributed by atoms with van der Waals surface area (Å²) < 4.78 is 13.1. The molecule has 8 heteroatoms. The summed E-state index contributed by atoms with van der Waals surface area (Å²) in [6.07, 6.45) is -1.12. The molecule has 0 spiro atoms. The van der Waals surface area contributed by atoms with Gasteiger partial charge in [0.15, 0.2) is 0 Å². The van der Waals surface area contributed by atoms with E-state index in [2.05, 4.69) is 10.4 Å². The molecule has 32 heavy (non-hydrogen) atoms. The van der Waals surface area contributed by atoms with E-state index in [1.165, 1.54) is 11.3 Å². The van der Waals surface area contributed by atoms with Crippen molar-refractivity contribution in [1.82, 2.24) is 9.78 Å². The second-order valence-electron chi connectivity index (χ2n) is 7.15. The molecule has 1 amide bonds. The molecule has 1 atom stereocenters. The van der Waals surface area contributed by atoms with E-state index in [-0.39, 0.29) is 0 Å². The Morgan fingerprint density at radius 3 is 2.56 bits per heavy atom. The van der Waals surface area contributed by atoms with Crippen LogP contribution in [0.25, 0.3) is 10.2 Å². The first-order chi connectivity index (χ1) is 15.5. The maximum Gasteiger partial charge on any atom is 0.349 e. The number of nitrogens with zero attached hydrogens (tertiary/aromatic N) is 2. The molecule has 0 bridgehead atoms. The number of hydrogen-bond acceptors (Lipinski definition) is 6. The maximum atomic E-state index is 13.2. The zero-order chi connectivity index (χ0) is 22.7. The zero-order valence-electron chi connectivity index (χ0n) is 18.0. The largest absolute Gasteiger partial charge is 0.492 e. The fraction of sp³-hybridized carbons (Fsp3) is 0.208. The molecule has 2 heterocycles. The van der Waals surface area contributed by atoms with Crippen LogP contribution >= 0.6 is 11.3 Å². The van der Waals surface area contributed by atoms with Gasteiger partial charge in [-0.2, -0.15) is 5.10 Å². The number of carbonyl (C=O) groups is 2. The molecule has 0 aliphatic heterocycles. The molecule has 4 rings (SSSR count). The summed E-state index contributed by atoms with van der Waals surface area (Å²) in [6.45, 7) is 4.22. The van der Waals surface area contributed by atoms with Crippen LogP contribution in [0.4, 0.5) is 5.69 Å². The van der Waals surface area contributed by atoms with E-state index in [4.69, 9.17) is 9.47 Å². The van der Waals surface area contributed by atoms with Crippen LogP contribution in [0.3, 0.4) is 0 Å². The van der Waals surface area contributed by atoms with Gasteiger partial charge in [-0.3, -0.25) is 9.48 Å². The number of anilines is 1. The Morgan fingerprint density at radius 1 is 1.12 bits per heavy atom. The monoisotopic (exact) mass is 449 g/mol. The van der Waals surface area contributed by atoms with Crippen LogP contribution < -0.4 is 10.1 Å². The average Bonchev–Trinajstić information content (AvgIpc) is 3.35. The summed E-state index contributed by atoms with van der Waals surface area (Å²) in [5, 5.41) is 8.09. The van der Waals surface area contributed by atoms with Gasteiger partial charge < -0.3 is 14.8 Å². The summed E-state index contributed by atoms with van der Waals surface area (Å²) in [6, 6.07) is 17.9. The standard InChI is InChI=1S/C24H23N3O4S/c1-4-30-19-13-9-8-12-18(19)25-22(28)21(16-10-6-5-7-11-16)31-24(29)20-14-17-15(2)26-27(3)23(17)32-20/h5-14,21H,4H2,1-3H3,(H,25,28). The number of para-hydroxylation sites is 2. The van der Waals surface area contributed by atoms with Crippen molar-refractivity contribution < 1.29 is 19.1 Å². The summed E-state index contributed by atoms with van der Waals surface area (Å²) in [4.78, 5) is 27.5. The average molecular weight is 450 g/mol. The quantitative estimate of drug-likeness (QED) is 0.407. The van der Waals surface area contributed by atoms with Gasteiger partial charge in [-0.15, -0.1) is 11.3 Å². The van der Waals surface area contributed by atoms with E-state index in [0.29, 0.717) is 28.5 Å². The number of amides is 1. The third kappa shape index (κ3) is 4.36. The predicted molar refractivity (Wildman–Crippen MR) is 124 cm³/mol. The predicted octanol–water partition coefficient (Wildman–Crippen LogP) is 4.88. The molecule has 0 aliphatic rings. The number of fused-ring (bicyclic) bond motifs is 1. The third-order valence-electron chi connectivity index (χ3n) is 4.91. The topological polar surface area (TPSA) is 82.4 Å². The second kappa shape index (κ2) is 9.23. The van der Waals surface area contributed by atoms with Crippen molar-refractivity contribution in [2.24, 2.45) is 7.05 Å². The van der Waals surface area contributed by atoms with Crippen molar-refractivity contribution in [3.8, 4) is 5.75 Å². The first kappa shape index (κ1) is 21.6. The highest BCUT2D eigenvalue weighted by atomic mass is 32.1. The summed E-state index contributed by atoms with van der Waals surface area (Å²) in [7, 11) is 1.83. The molecule has 0 radical (unpaired) electrons. The van der Waals surface area contributed by atoms with Crippen LogP contribution in [0, 0.1) is 6.92 Å². The maximum absolute atomic E-state index is 13.2. The highest BCUT2D eigenvalue weighted by Gasteiger charge is 2.28. The molecule has 164 valence electrons. The number of carbonyl (C=O) groups excluding carboxylic acids is 2. The number of benzene rings is 2. The van der Waals surface area contributed by atoms with Crippen LogP contribution in [-0.2, 0) is 16.6 Å². The van der Waals surface area contributed by atoms with Gasteiger partial charge in [0.1, 0.15) is 15.5 Å². The minimum Gasteiger partial charge on any atom is -0.492 e. The molecular formula is C24H23N3O4S. The third-order valence-corrected chi connectivity index (χ3v) is 6.09. The number of rotatable bonds is 7. The van der Waals surface area contributed by atoms with E-state index in [1.807, 2.05) is 33.0 Å². The van der Waals surface area contributed by atoms with E-state index in [9.17, 15) is 9.59 Å². The molecule has 2 aromatic carbocycles. The first-order valence-corrected chi connectivity index (χ1v) is 11.0. The lowest BCUT2D eigenvalue weighted by molar-refractivity contribution is -0.125. The van der Waals surface area contributed by atoms with Gasteiger partial charge in [0.05, 0.1) is 18.0 Å². The van der Waals surface area contributed by atoms with Gasteiger partial charge in [0, 0.05) is 18.0 Å². The van der Waals surface area contributed by atoms with E-state index in [0.717, 1.165) is 15.9 Å². The lowest BCUT2D eigenvalue weighted by Crippen LogP contribution is -2.26. The van der Waals surface area contributed by atoms with Crippen LogP contribution in [0.15, 0.2) is 60.7 Å². The Balaban J connectivity index is 1.61. The Hall–Kier alpha value is -3.65. The van der Waals surface area contributed by atoms with Crippen molar-refractivity contribution in [3.63, 3.8) is 0 Å². The van der Waals surface area contributed by atoms with Crippen molar-refractivity contribution >= 4 is 39.1 Å². The van der Waals surface area contributed by atoms with Crippen molar-refractivity contribution in [1.29, 1.82) is 0 Å². The molecule has 2 aromatic heterocycles. The number of esters is 1. The summed E-state index contributed by atoms with van der Waals surface area (Å²) in [5.41, 5.74) is 1.92. The lowest BCUT2D eigenvalue weighted by atomic mass is 10.1. The molecule has 7 nitrogen and oxygen atoms in total. The van der Waals surface area contributed by atoms with Gasteiger partial charge in [0.25, 0.3) is 5.91 Å². The minimum atomic E-state index is -1.12. The molecule has 1 unspecified atom stereocenters. The lowest BCUT2D eigenvalue weighted by Gasteiger charge is -2.19. The Kier molecular flexibility index (Phi) is 6.23. The summed E-state index contributed by atoms with van der Waals surface area (Å²) in [5.74, 6) is -0.475. The van der Waals surface area contributed by atoms with Gasteiger partial charge >= 0.3 is 5.97 Å². The molecule has 1 N–H and O–H groups in total. The van der Waals surface area contributed by atoms with Gasteiger partial charge in [-0.05, 0) is 32.0 Å². The number of aromatic nitrogens is 2. The number of aryl methyl sites for hydroxylation is 2. The van der Waals surface area contributed by atoms with Crippen LogP contribution in [0.5, 0.6) is 5.75 Å². The Bertz CT molecular complexity index is 1230. The Labute approximate surface area is 189 Å². The molecule has 0 fully saturated rings. The van der Waals surface area contributed by atoms with E-state index >= 15 is 0 Å². The number of hydrogen-bond donors (Lipinski definition) is 1. The van der Waals surface area contributed by atoms with Crippen LogP contribution in [0.1, 0.15) is 34.0 Å².